The molecule has 120 valence electrons. The van der Waals surface area contributed by atoms with Crippen molar-refractivity contribution in [3.63, 3.8) is 0 Å². The molecule has 1 fully saturated rings. The van der Waals surface area contributed by atoms with Gasteiger partial charge in [-0.3, -0.25) is 4.79 Å². The minimum atomic E-state index is -0.194. The van der Waals surface area contributed by atoms with Crippen molar-refractivity contribution in [2.45, 2.75) is 18.4 Å². The Bertz CT molecular complexity index is 437. The summed E-state index contributed by atoms with van der Waals surface area (Å²) in [6.45, 7) is 2.07. The number of hydrogen-bond acceptors (Lipinski definition) is 4. The van der Waals surface area contributed by atoms with E-state index in [0.29, 0.717) is 23.9 Å². The Morgan fingerprint density at radius 1 is 1.52 bits per heavy atom. The molecule has 1 saturated heterocycles. The number of rotatable bonds is 5. The Hall–Kier alpha value is -0.590. The van der Waals surface area contributed by atoms with Crippen LogP contribution in [0.2, 0.25) is 5.02 Å². The van der Waals surface area contributed by atoms with Crippen LogP contribution in [0.3, 0.4) is 0 Å². The number of hydrogen-bond donors (Lipinski definition) is 2. The molecule has 2 rings (SSSR count). The lowest BCUT2D eigenvalue weighted by Crippen LogP contribution is -2.53. The second kappa shape index (κ2) is 9.43. The standard InChI is InChI=1S/C13H18ClN3O2.2ClH/c1-19-9-13(5-2-6-17-13)8-16-12(18)11-4-3-10(14)7-15-11;;/h3-4,7,17H,2,5-6,8-9H2,1H3,(H,16,18);2*1H. The zero-order valence-electron chi connectivity index (χ0n) is 11.7. The Balaban J connectivity index is 0.00000200. The van der Waals surface area contributed by atoms with Crippen molar-refractivity contribution in [1.82, 2.24) is 15.6 Å². The van der Waals surface area contributed by atoms with Crippen molar-refractivity contribution in [3.8, 4) is 0 Å². The average Bonchev–Trinajstić information content (AvgIpc) is 2.86. The molecule has 5 nitrogen and oxygen atoms in total. The van der Waals surface area contributed by atoms with Crippen molar-refractivity contribution in [1.29, 1.82) is 0 Å². The number of nitrogens with one attached hydrogen (secondary N) is 2. The molecule has 1 aromatic rings. The number of carbonyl (C=O) groups is 1. The normalized spacial score (nSPS) is 20.3. The molecule has 8 heteroatoms. The average molecular weight is 357 g/mol. The number of carbonyl (C=O) groups excluding carboxylic acids is 1. The summed E-state index contributed by atoms with van der Waals surface area (Å²) in [6.07, 6.45) is 3.56. The van der Waals surface area contributed by atoms with Gasteiger partial charge in [-0.15, -0.1) is 24.8 Å². The first-order valence-electron chi connectivity index (χ1n) is 6.29. The van der Waals surface area contributed by atoms with Gasteiger partial charge >= 0.3 is 0 Å². The fourth-order valence-electron chi connectivity index (χ4n) is 2.32. The van der Waals surface area contributed by atoms with Crippen LogP contribution in [0.5, 0.6) is 0 Å². The van der Waals surface area contributed by atoms with E-state index in [1.165, 1.54) is 6.20 Å². The third kappa shape index (κ3) is 5.60. The number of pyridine rings is 1. The third-order valence-electron chi connectivity index (χ3n) is 3.30. The van der Waals surface area contributed by atoms with Crippen LogP contribution in [0.1, 0.15) is 23.3 Å². The Kier molecular flexibility index (Phi) is 9.17. The predicted octanol–water partition coefficient (Wildman–Crippen LogP) is 2.08. The van der Waals surface area contributed by atoms with E-state index in [-0.39, 0.29) is 36.3 Å². The van der Waals surface area contributed by atoms with E-state index in [9.17, 15) is 4.79 Å². The molecule has 0 aromatic carbocycles. The molecule has 0 bridgehead atoms. The van der Waals surface area contributed by atoms with E-state index in [1.807, 2.05) is 0 Å². The molecular formula is C13H20Cl3N3O2. The Morgan fingerprint density at radius 2 is 2.29 bits per heavy atom. The maximum Gasteiger partial charge on any atom is 0.269 e. The lowest BCUT2D eigenvalue weighted by atomic mass is 9.98. The number of nitrogens with zero attached hydrogens (tertiary/aromatic N) is 1. The Morgan fingerprint density at radius 3 is 2.81 bits per heavy atom. The molecular weight excluding hydrogens is 337 g/mol. The molecule has 2 N–H and O–H groups in total. The van der Waals surface area contributed by atoms with E-state index < -0.39 is 0 Å². The van der Waals surface area contributed by atoms with Gasteiger partial charge in [-0.1, -0.05) is 11.6 Å². The number of aromatic nitrogens is 1. The van der Waals surface area contributed by atoms with Gasteiger partial charge in [-0.2, -0.15) is 0 Å². The van der Waals surface area contributed by atoms with Crippen LogP contribution < -0.4 is 10.6 Å². The zero-order valence-corrected chi connectivity index (χ0v) is 14.1. The van der Waals surface area contributed by atoms with E-state index in [2.05, 4.69) is 15.6 Å². The van der Waals surface area contributed by atoms with E-state index in [0.717, 1.165) is 19.4 Å². The van der Waals surface area contributed by atoms with Gasteiger partial charge < -0.3 is 15.4 Å². The summed E-state index contributed by atoms with van der Waals surface area (Å²) >= 11 is 5.74. The number of ether oxygens (including phenoxy) is 1. The highest BCUT2D eigenvalue weighted by atomic mass is 35.5. The molecule has 1 aromatic heterocycles. The summed E-state index contributed by atoms with van der Waals surface area (Å²) in [4.78, 5) is 16.0. The molecule has 1 unspecified atom stereocenters. The van der Waals surface area contributed by atoms with Crippen molar-refractivity contribution in [2.24, 2.45) is 0 Å². The summed E-state index contributed by atoms with van der Waals surface area (Å²) in [7, 11) is 1.67. The van der Waals surface area contributed by atoms with Gasteiger partial charge in [0.05, 0.1) is 17.2 Å². The minimum Gasteiger partial charge on any atom is -0.383 e. The van der Waals surface area contributed by atoms with E-state index in [4.69, 9.17) is 16.3 Å². The zero-order chi connectivity index (χ0) is 13.7. The van der Waals surface area contributed by atoms with Crippen LogP contribution >= 0.6 is 36.4 Å². The first-order chi connectivity index (χ1) is 9.15. The van der Waals surface area contributed by atoms with Crippen LogP contribution in [0.25, 0.3) is 0 Å². The van der Waals surface area contributed by atoms with Gasteiger partial charge in [0.2, 0.25) is 0 Å². The van der Waals surface area contributed by atoms with Crippen molar-refractivity contribution in [3.05, 3.63) is 29.0 Å². The summed E-state index contributed by atoms with van der Waals surface area (Å²) in [5.41, 5.74) is 0.214. The maximum absolute atomic E-state index is 12.0. The fraction of sp³-hybridized carbons (Fsp3) is 0.538. The van der Waals surface area contributed by atoms with Crippen molar-refractivity contribution in [2.75, 3.05) is 26.8 Å². The Labute approximate surface area is 142 Å². The highest BCUT2D eigenvalue weighted by Gasteiger charge is 2.33. The van der Waals surface area contributed by atoms with Gasteiger partial charge in [0.15, 0.2) is 0 Å². The molecule has 2 heterocycles. The first-order valence-corrected chi connectivity index (χ1v) is 6.67. The molecule has 21 heavy (non-hydrogen) atoms. The van der Waals surface area contributed by atoms with Gasteiger partial charge in [0, 0.05) is 19.9 Å². The van der Waals surface area contributed by atoms with Gasteiger partial charge in [0.25, 0.3) is 5.91 Å². The van der Waals surface area contributed by atoms with Gasteiger partial charge in [0.1, 0.15) is 5.69 Å². The molecule has 1 amide bonds. The van der Waals surface area contributed by atoms with E-state index in [1.54, 1.807) is 19.2 Å². The summed E-state index contributed by atoms with van der Waals surface area (Å²) in [6, 6.07) is 3.27. The lowest BCUT2D eigenvalue weighted by Gasteiger charge is -2.28. The number of halogens is 3. The number of methoxy groups -OCH3 is 1. The highest BCUT2D eigenvalue weighted by Crippen LogP contribution is 2.19. The first kappa shape index (κ1) is 20.4. The SMILES string of the molecule is COCC1(CNC(=O)c2ccc(Cl)cn2)CCCN1.Cl.Cl. The molecule has 0 saturated carbocycles. The summed E-state index contributed by atoms with van der Waals surface area (Å²) < 4.78 is 5.24. The summed E-state index contributed by atoms with van der Waals surface area (Å²) in [5, 5.41) is 6.82. The monoisotopic (exact) mass is 355 g/mol. The van der Waals surface area contributed by atoms with Crippen LogP contribution in [0.15, 0.2) is 18.3 Å². The van der Waals surface area contributed by atoms with Crippen molar-refractivity contribution >= 4 is 42.3 Å². The van der Waals surface area contributed by atoms with Gasteiger partial charge in [-0.05, 0) is 31.5 Å². The molecule has 0 spiro atoms. The molecule has 0 aliphatic carbocycles. The minimum absolute atomic E-state index is 0. The second-order valence-electron chi connectivity index (χ2n) is 4.79. The predicted molar refractivity (Wildman–Crippen MR) is 87.9 cm³/mol. The van der Waals surface area contributed by atoms with E-state index >= 15 is 0 Å². The number of amides is 1. The molecule has 1 atom stereocenters. The van der Waals surface area contributed by atoms with Crippen LogP contribution in [-0.2, 0) is 4.74 Å². The topological polar surface area (TPSA) is 63.2 Å². The third-order valence-corrected chi connectivity index (χ3v) is 3.52. The van der Waals surface area contributed by atoms with Crippen LogP contribution in [0, 0.1) is 0 Å². The highest BCUT2D eigenvalue weighted by molar-refractivity contribution is 6.30. The smallest absolute Gasteiger partial charge is 0.269 e. The second-order valence-corrected chi connectivity index (χ2v) is 5.22. The van der Waals surface area contributed by atoms with Crippen molar-refractivity contribution < 1.29 is 9.53 Å². The van der Waals surface area contributed by atoms with Gasteiger partial charge in [-0.25, -0.2) is 4.98 Å². The molecule has 1 aliphatic heterocycles. The van der Waals surface area contributed by atoms with Crippen LogP contribution in [-0.4, -0.2) is 43.2 Å². The maximum atomic E-state index is 12.0. The summed E-state index contributed by atoms with van der Waals surface area (Å²) in [5.74, 6) is -0.194. The largest absolute Gasteiger partial charge is 0.383 e. The lowest BCUT2D eigenvalue weighted by molar-refractivity contribution is 0.0887. The fourth-order valence-corrected chi connectivity index (χ4v) is 2.43. The van der Waals surface area contributed by atoms with Crippen LogP contribution in [0.4, 0.5) is 0 Å². The molecule has 0 radical (unpaired) electrons. The molecule has 1 aliphatic rings. The quantitative estimate of drug-likeness (QED) is 0.848.